The number of nitrogens with zero attached hydrogens (tertiary/aromatic N) is 1. The van der Waals surface area contributed by atoms with Crippen molar-refractivity contribution in [2.75, 3.05) is 7.11 Å². The summed E-state index contributed by atoms with van der Waals surface area (Å²) in [7, 11) is 1.58. The van der Waals surface area contributed by atoms with Gasteiger partial charge in [-0.1, -0.05) is 78.0 Å². The molecule has 1 N–H and O–H groups in total. The molecule has 0 saturated carbocycles. The van der Waals surface area contributed by atoms with Crippen LogP contribution in [0.3, 0.4) is 0 Å². The monoisotopic (exact) mass is 414 g/mol. The molecule has 1 amide bonds. The quantitative estimate of drug-likeness (QED) is 0.449. The molecule has 0 saturated heterocycles. The molecule has 3 aromatic carbocycles. The van der Waals surface area contributed by atoms with Crippen LogP contribution in [0.5, 0.6) is 11.5 Å². The molecule has 0 unspecified atom stereocenters. The molecule has 0 aliphatic heterocycles. The van der Waals surface area contributed by atoms with Crippen LogP contribution < -0.4 is 14.8 Å². The molecule has 6 nitrogen and oxygen atoms in total. The smallest absolute Gasteiger partial charge is 0.274 e. The highest BCUT2D eigenvalue weighted by Gasteiger charge is 2.20. The van der Waals surface area contributed by atoms with E-state index >= 15 is 0 Å². The van der Waals surface area contributed by atoms with Crippen LogP contribution in [0.15, 0.2) is 95.5 Å². The van der Waals surface area contributed by atoms with E-state index in [4.69, 9.17) is 14.0 Å². The third-order valence-electron chi connectivity index (χ3n) is 4.77. The number of para-hydroxylation sites is 2. The van der Waals surface area contributed by atoms with Gasteiger partial charge >= 0.3 is 0 Å². The summed E-state index contributed by atoms with van der Waals surface area (Å²) in [6.45, 7) is 0.126. The van der Waals surface area contributed by atoms with E-state index in [2.05, 4.69) is 10.5 Å². The molecule has 1 heterocycles. The molecule has 156 valence electrons. The molecule has 4 aromatic rings. The van der Waals surface area contributed by atoms with Crippen LogP contribution in [0, 0.1) is 0 Å². The Hall–Kier alpha value is -4.06. The number of carbonyl (C=O) groups excluding carboxylic acids is 1. The molecule has 0 radical (unpaired) electrons. The second-order valence-corrected chi connectivity index (χ2v) is 6.85. The highest BCUT2D eigenvalue weighted by Crippen LogP contribution is 2.27. The van der Waals surface area contributed by atoms with E-state index in [1.165, 1.54) is 0 Å². The lowest BCUT2D eigenvalue weighted by Crippen LogP contribution is -2.29. The summed E-state index contributed by atoms with van der Waals surface area (Å²) in [5.41, 5.74) is 2.14. The molecule has 1 aromatic heterocycles. The van der Waals surface area contributed by atoms with E-state index < -0.39 is 0 Å². The largest absolute Gasteiger partial charge is 0.493 e. The third-order valence-corrected chi connectivity index (χ3v) is 4.77. The topological polar surface area (TPSA) is 73.6 Å². The van der Waals surface area contributed by atoms with Gasteiger partial charge in [-0.25, -0.2) is 0 Å². The first-order chi connectivity index (χ1) is 15.2. The molecule has 31 heavy (non-hydrogen) atoms. The average Bonchev–Trinajstić information content (AvgIpc) is 3.31. The number of carbonyl (C=O) groups is 1. The van der Waals surface area contributed by atoms with Crippen molar-refractivity contribution in [3.63, 3.8) is 0 Å². The van der Waals surface area contributed by atoms with Gasteiger partial charge in [-0.15, -0.1) is 0 Å². The minimum atomic E-state index is -0.329. The van der Waals surface area contributed by atoms with Gasteiger partial charge in [0, 0.05) is 6.07 Å². The summed E-state index contributed by atoms with van der Waals surface area (Å²) in [6.07, 6.45) is 0. The van der Waals surface area contributed by atoms with Crippen LogP contribution in [0.25, 0.3) is 0 Å². The number of ether oxygens (including phenoxy) is 2. The number of rotatable bonds is 8. The van der Waals surface area contributed by atoms with Crippen molar-refractivity contribution in [1.29, 1.82) is 0 Å². The first kappa shape index (κ1) is 20.2. The number of benzene rings is 3. The maximum Gasteiger partial charge on any atom is 0.274 e. The lowest BCUT2D eigenvalue weighted by atomic mass is 9.98. The molecule has 0 fully saturated rings. The van der Waals surface area contributed by atoms with Crippen molar-refractivity contribution in [2.45, 2.75) is 12.6 Å². The lowest BCUT2D eigenvalue weighted by Gasteiger charge is -2.19. The molecule has 0 aliphatic carbocycles. The van der Waals surface area contributed by atoms with Gasteiger partial charge in [-0.2, -0.15) is 0 Å². The fourth-order valence-electron chi connectivity index (χ4n) is 3.23. The maximum absolute atomic E-state index is 12.9. The van der Waals surface area contributed by atoms with Gasteiger partial charge in [-0.05, 0) is 23.3 Å². The van der Waals surface area contributed by atoms with Crippen LogP contribution in [0.1, 0.15) is 33.4 Å². The minimum absolute atomic E-state index is 0.126. The fraction of sp³-hybridized carbons (Fsp3) is 0.120. The van der Waals surface area contributed by atoms with Crippen molar-refractivity contribution in [3.8, 4) is 11.5 Å². The summed E-state index contributed by atoms with van der Waals surface area (Å²) in [4.78, 5) is 12.9. The number of nitrogens with one attached hydrogen (secondary N) is 1. The van der Waals surface area contributed by atoms with E-state index in [0.29, 0.717) is 17.3 Å². The molecule has 0 aliphatic rings. The summed E-state index contributed by atoms with van der Waals surface area (Å²) in [5, 5.41) is 6.96. The van der Waals surface area contributed by atoms with Crippen molar-refractivity contribution < 1.29 is 18.8 Å². The van der Waals surface area contributed by atoms with Crippen LogP contribution >= 0.6 is 0 Å². The first-order valence-corrected chi connectivity index (χ1v) is 9.87. The highest BCUT2D eigenvalue weighted by molar-refractivity contribution is 5.92. The molecule has 0 bridgehead atoms. The molecule has 4 rings (SSSR count). The van der Waals surface area contributed by atoms with Gasteiger partial charge in [0.05, 0.1) is 13.2 Å². The number of aromatic nitrogens is 1. The first-order valence-electron chi connectivity index (χ1n) is 9.87. The predicted octanol–water partition coefficient (Wildman–Crippen LogP) is 4.78. The number of methoxy groups -OCH3 is 1. The number of amides is 1. The highest BCUT2D eigenvalue weighted by atomic mass is 16.5. The average molecular weight is 414 g/mol. The minimum Gasteiger partial charge on any atom is -0.493 e. The van der Waals surface area contributed by atoms with Gasteiger partial charge in [0.2, 0.25) is 0 Å². The summed E-state index contributed by atoms with van der Waals surface area (Å²) >= 11 is 0. The van der Waals surface area contributed by atoms with Crippen molar-refractivity contribution in [2.24, 2.45) is 0 Å². The molecule has 6 heteroatoms. The molecule has 0 atom stereocenters. The van der Waals surface area contributed by atoms with Gasteiger partial charge in [0.15, 0.2) is 23.0 Å². The second kappa shape index (κ2) is 9.63. The van der Waals surface area contributed by atoms with E-state index in [1.807, 2.05) is 78.9 Å². The summed E-state index contributed by atoms with van der Waals surface area (Å²) in [5.74, 6) is 1.31. The van der Waals surface area contributed by atoms with Crippen LogP contribution in [0.2, 0.25) is 0 Å². The Balaban J connectivity index is 1.47. The zero-order valence-corrected chi connectivity index (χ0v) is 17.0. The zero-order chi connectivity index (χ0) is 21.5. The van der Waals surface area contributed by atoms with Crippen molar-refractivity contribution in [1.82, 2.24) is 10.5 Å². The van der Waals surface area contributed by atoms with E-state index in [0.717, 1.165) is 11.1 Å². The summed E-state index contributed by atoms with van der Waals surface area (Å²) in [6, 6.07) is 28.2. The SMILES string of the molecule is COc1ccccc1OCc1cc(C(=O)NC(c2ccccc2)c2ccccc2)no1. The number of hydrogen-bond acceptors (Lipinski definition) is 5. The molecule has 0 spiro atoms. The Kier molecular flexibility index (Phi) is 6.28. The van der Waals surface area contributed by atoms with E-state index in [9.17, 15) is 4.79 Å². The van der Waals surface area contributed by atoms with Crippen LogP contribution in [0.4, 0.5) is 0 Å². The van der Waals surface area contributed by atoms with Gasteiger partial charge < -0.3 is 19.3 Å². The van der Waals surface area contributed by atoms with Crippen LogP contribution in [-0.4, -0.2) is 18.2 Å². The van der Waals surface area contributed by atoms with Crippen LogP contribution in [-0.2, 0) is 6.61 Å². The van der Waals surface area contributed by atoms with E-state index in [1.54, 1.807) is 19.2 Å². The second-order valence-electron chi connectivity index (χ2n) is 6.85. The third kappa shape index (κ3) is 4.93. The Morgan fingerprint density at radius 2 is 1.48 bits per heavy atom. The maximum atomic E-state index is 12.9. The Morgan fingerprint density at radius 3 is 2.10 bits per heavy atom. The van der Waals surface area contributed by atoms with Gasteiger partial charge in [0.25, 0.3) is 5.91 Å². The van der Waals surface area contributed by atoms with Gasteiger partial charge in [-0.3, -0.25) is 4.79 Å². The Labute approximate surface area is 180 Å². The molecular formula is C25H22N2O4. The standard InChI is InChI=1S/C25H22N2O4/c1-29-22-14-8-9-15-23(22)30-17-20-16-21(27-31-20)25(28)26-24(18-10-4-2-5-11-18)19-12-6-3-7-13-19/h2-16,24H,17H2,1H3,(H,26,28). The predicted molar refractivity (Wildman–Crippen MR) is 116 cm³/mol. The molecular weight excluding hydrogens is 392 g/mol. The van der Waals surface area contributed by atoms with Gasteiger partial charge in [0.1, 0.15) is 6.61 Å². The lowest BCUT2D eigenvalue weighted by molar-refractivity contribution is 0.0933. The summed E-state index contributed by atoms with van der Waals surface area (Å²) < 4.78 is 16.3. The van der Waals surface area contributed by atoms with E-state index in [-0.39, 0.29) is 24.2 Å². The van der Waals surface area contributed by atoms with Crippen molar-refractivity contribution >= 4 is 5.91 Å². The number of hydrogen-bond donors (Lipinski definition) is 1. The Bertz CT molecular complexity index is 1090. The normalized spacial score (nSPS) is 10.6. The van der Waals surface area contributed by atoms with Crippen molar-refractivity contribution in [3.05, 3.63) is 114 Å². The fourth-order valence-corrected chi connectivity index (χ4v) is 3.23. The Morgan fingerprint density at radius 1 is 0.903 bits per heavy atom. The zero-order valence-electron chi connectivity index (χ0n) is 17.0.